The van der Waals surface area contributed by atoms with Gasteiger partial charge in [0, 0.05) is 37.8 Å². The SMILES string of the molecule is CO.O=C(OC1CO[C@@H]2CCO[C@H]12)c1ccc(-c2ccc(C3CCCCC3)cc2)cc1.O=Cc1ccc(-c2ccc(C3CC[CH-]CC3)cc2)cc1.[V]. The van der Waals surface area contributed by atoms with Crippen LogP contribution in [-0.2, 0) is 32.8 Å². The normalized spacial score (nSPS) is 21.3. The minimum absolute atomic E-state index is 0. The zero-order valence-electron chi connectivity index (χ0n) is 30.2. The Morgan fingerprint density at radius 2 is 1.17 bits per heavy atom. The molecule has 1 N–H and O–H groups in total. The van der Waals surface area contributed by atoms with Gasteiger partial charge >= 0.3 is 5.97 Å². The van der Waals surface area contributed by atoms with Gasteiger partial charge in [-0.25, -0.2) is 4.79 Å². The molecule has 4 fully saturated rings. The second-order valence-corrected chi connectivity index (χ2v) is 14.0. The summed E-state index contributed by atoms with van der Waals surface area (Å²) in [5, 5.41) is 7.00. The van der Waals surface area contributed by atoms with E-state index in [0.717, 1.165) is 42.8 Å². The molecule has 2 aliphatic heterocycles. The van der Waals surface area contributed by atoms with Crippen LogP contribution in [0.4, 0.5) is 0 Å². The Bertz CT molecular complexity index is 1660. The molecule has 2 saturated carbocycles. The van der Waals surface area contributed by atoms with Gasteiger partial charge in [-0.2, -0.15) is 12.8 Å². The van der Waals surface area contributed by atoms with Gasteiger partial charge in [0.25, 0.3) is 0 Å². The van der Waals surface area contributed by atoms with E-state index in [1.165, 1.54) is 85.6 Å². The Morgan fingerprint density at radius 3 is 1.71 bits per heavy atom. The molecule has 4 aromatic carbocycles. The van der Waals surface area contributed by atoms with Crippen LogP contribution in [0, 0.1) is 6.42 Å². The monoisotopic (exact) mass is 738 g/mol. The van der Waals surface area contributed by atoms with Crippen molar-refractivity contribution in [1.29, 1.82) is 0 Å². The first-order valence-electron chi connectivity index (χ1n) is 18.7. The summed E-state index contributed by atoms with van der Waals surface area (Å²) in [5.41, 5.74) is 8.88. The fourth-order valence-electron chi connectivity index (χ4n) is 7.88. The van der Waals surface area contributed by atoms with E-state index < -0.39 is 0 Å². The molecule has 7 heteroatoms. The van der Waals surface area contributed by atoms with Crippen LogP contribution in [0.2, 0.25) is 0 Å². The van der Waals surface area contributed by atoms with Gasteiger partial charge < -0.3 is 25.7 Å². The molecule has 2 saturated heterocycles. The molecule has 0 amide bonds. The zero-order valence-corrected chi connectivity index (χ0v) is 31.6. The van der Waals surface area contributed by atoms with Crippen molar-refractivity contribution in [2.75, 3.05) is 20.3 Å². The van der Waals surface area contributed by atoms with Gasteiger partial charge in [0.1, 0.15) is 12.4 Å². The Hall–Kier alpha value is -3.52. The summed E-state index contributed by atoms with van der Waals surface area (Å²) < 4.78 is 17.0. The predicted molar refractivity (Wildman–Crippen MR) is 202 cm³/mol. The minimum Gasteiger partial charge on any atom is -0.453 e. The van der Waals surface area contributed by atoms with Crippen LogP contribution in [0.1, 0.15) is 108 Å². The van der Waals surface area contributed by atoms with Crippen molar-refractivity contribution in [3.63, 3.8) is 0 Å². The number of fused-ring (bicyclic) bond motifs is 1. The fourth-order valence-corrected chi connectivity index (χ4v) is 7.88. The third-order valence-electron chi connectivity index (χ3n) is 10.8. The van der Waals surface area contributed by atoms with Crippen LogP contribution in [0.25, 0.3) is 22.3 Å². The number of aliphatic hydroxyl groups excluding tert-OH is 1. The van der Waals surface area contributed by atoms with Gasteiger partial charge in [0.15, 0.2) is 6.10 Å². The van der Waals surface area contributed by atoms with Crippen molar-refractivity contribution < 1.29 is 47.5 Å². The second-order valence-electron chi connectivity index (χ2n) is 14.0. The van der Waals surface area contributed by atoms with Crippen LogP contribution in [0.3, 0.4) is 0 Å². The molecule has 4 aliphatic rings. The summed E-state index contributed by atoms with van der Waals surface area (Å²) in [6, 6.07) is 33.3. The summed E-state index contributed by atoms with van der Waals surface area (Å²) in [6.07, 6.45) is 15.6. The number of carbonyl (C=O) groups excluding carboxylic acids is 2. The van der Waals surface area contributed by atoms with Crippen molar-refractivity contribution in [3.05, 3.63) is 126 Å². The smallest absolute Gasteiger partial charge is 0.338 e. The van der Waals surface area contributed by atoms with E-state index in [-0.39, 0.29) is 42.8 Å². The number of aliphatic hydroxyl groups is 1. The summed E-state index contributed by atoms with van der Waals surface area (Å²) in [6.45, 7) is 1.10. The number of carbonyl (C=O) groups is 2. The molecule has 4 aromatic rings. The Balaban J connectivity index is 0.000000200. The molecule has 1 radical (unpaired) electrons. The van der Waals surface area contributed by atoms with E-state index in [4.69, 9.17) is 19.3 Å². The van der Waals surface area contributed by atoms with Crippen LogP contribution >= 0.6 is 0 Å². The number of ether oxygens (including phenoxy) is 3. The van der Waals surface area contributed by atoms with Crippen LogP contribution in [0.15, 0.2) is 97.1 Å². The number of hydrogen-bond acceptors (Lipinski definition) is 6. The van der Waals surface area contributed by atoms with E-state index >= 15 is 0 Å². The van der Waals surface area contributed by atoms with Gasteiger partial charge in [-0.15, -0.1) is 0 Å². The van der Waals surface area contributed by atoms with Crippen LogP contribution < -0.4 is 0 Å². The molecular formula is C45H51O6V-. The van der Waals surface area contributed by atoms with Crippen molar-refractivity contribution in [1.82, 2.24) is 0 Å². The van der Waals surface area contributed by atoms with Crippen LogP contribution in [0.5, 0.6) is 0 Å². The maximum Gasteiger partial charge on any atom is 0.338 e. The minimum atomic E-state index is -0.311. The summed E-state index contributed by atoms with van der Waals surface area (Å²) >= 11 is 0. The first-order chi connectivity index (χ1) is 25.1. The fraction of sp³-hybridized carbons (Fsp3) is 0.400. The summed E-state index contributed by atoms with van der Waals surface area (Å²) in [5.74, 6) is 1.14. The quantitative estimate of drug-likeness (QED) is 0.116. The van der Waals surface area contributed by atoms with E-state index in [0.29, 0.717) is 18.8 Å². The Kier molecular flexibility index (Phi) is 15.3. The van der Waals surface area contributed by atoms with Gasteiger partial charge in [-0.3, -0.25) is 4.79 Å². The number of hydrogen-bond donors (Lipinski definition) is 1. The number of rotatable bonds is 7. The summed E-state index contributed by atoms with van der Waals surface area (Å²) in [7, 11) is 1.00. The van der Waals surface area contributed by atoms with E-state index in [2.05, 4.69) is 55.0 Å². The Labute approximate surface area is 321 Å². The number of esters is 1. The molecule has 2 aliphatic carbocycles. The maximum absolute atomic E-state index is 12.5. The second kappa shape index (κ2) is 20.1. The molecule has 273 valence electrons. The molecule has 0 aromatic heterocycles. The topological polar surface area (TPSA) is 82.1 Å². The van der Waals surface area contributed by atoms with Crippen LogP contribution in [-0.4, -0.2) is 56.0 Å². The molecule has 3 atom stereocenters. The van der Waals surface area contributed by atoms with Crippen molar-refractivity contribution in [3.8, 4) is 22.3 Å². The standard InChI is InChI=1S/C25H28O4.C19H19O.CH4O.V/c26-25(29-23-16-28-22-14-15-27-24(22)23)21-12-10-20(11-13-21)19-8-6-18(7-9-19)17-4-2-1-3-5-17;20-14-15-6-8-17(9-7-15)19-12-10-18(11-13-19)16-4-2-1-3-5-16;1-2;/h6-13,17,22-24H,1-5,14-16H2;1,6-14,16H,2-5H2;2H,1H3;/q;-1;;/t22-,23?,24+;;;/m1.../s1. The molecule has 52 heavy (non-hydrogen) atoms. The molecule has 2 heterocycles. The molecule has 8 rings (SSSR count). The van der Waals surface area contributed by atoms with E-state index in [1.54, 1.807) is 0 Å². The summed E-state index contributed by atoms with van der Waals surface area (Å²) in [4.78, 5) is 23.2. The van der Waals surface area contributed by atoms with Gasteiger partial charge in [-0.05, 0) is 76.6 Å². The molecule has 1 unspecified atom stereocenters. The zero-order chi connectivity index (χ0) is 35.4. The van der Waals surface area contributed by atoms with E-state index in [9.17, 15) is 9.59 Å². The molecular weight excluding hydrogens is 687 g/mol. The molecule has 6 nitrogen and oxygen atoms in total. The number of benzene rings is 4. The first kappa shape index (κ1) is 39.7. The van der Waals surface area contributed by atoms with Gasteiger partial charge in [0.2, 0.25) is 0 Å². The molecule has 0 bridgehead atoms. The third-order valence-corrected chi connectivity index (χ3v) is 10.8. The van der Waals surface area contributed by atoms with Crippen molar-refractivity contribution >= 4 is 12.3 Å². The largest absolute Gasteiger partial charge is 0.453 e. The number of aldehydes is 1. The van der Waals surface area contributed by atoms with Crippen molar-refractivity contribution in [2.24, 2.45) is 0 Å². The van der Waals surface area contributed by atoms with Crippen molar-refractivity contribution in [2.45, 2.75) is 94.4 Å². The van der Waals surface area contributed by atoms with E-state index in [1.807, 2.05) is 48.5 Å². The average Bonchev–Trinajstić information content (AvgIpc) is 3.85. The average molecular weight is 739 g/mol. The third kappa shape index (κ3) is 10.1. The van der Waals surface area contributed by atoms with Gasteiger partial charge in [-0.1, -0.05) is 117 Å². The molecule has 0 spiro atoms. The first-order valence-corrected chi connectivity index (χ1v) is 18.7. The maximum atomic E-state index is 12.5. The van der Waals surface area contributed by atoms with Gasteiger partial charge in [0.05, 0.1) is 18.3 Å². The predicted octanol–water partition coefficient (Wildman–Crippen LogP) is 9.75. The Morgan fingerprint density at radius 1 is 0.673 bits per heavy atom.